The monoisotopic (exact) mass is 328 g/mol. The normalized spacial score (nSPS) is 17.8. The Bertz CT molecular complexity index is 557. The van der Waals surface area contributed by atoms with E-state index in [2.05, 4.69) is 5.32 Å². The van der Waals surface area contributed by atoms with Gasteiger partial charge in [0, 0.05) is 0 Å². The summed E-state index contributed by atoms with van der Waals surface area (Å²) in [5, 5.41) is 2.98. The van der Waals surface area contributed by atoms with Crippen molar-refractivity contribution in [2.45, 2.75) is 38.5 Å². The SMILES string of the molecule is NC(=S)C1(C(=O)Nc2cc(F)ccc2Cl)CCCCCC1. The topological polar surface area (TPSA) is 55.1 Å². The molecule has 0 heterocycles. The van der Waals surface area contributed by atoms with Crippen molar-refractivity contribution in [3.63, 3.8) is 0 Å². The summed E-state index contributed by atoms with van der Waals surface area (Å²) in [5.74, 6) is -0.746. The molecule has 1 amide bonds. The van der Waals surface area contributed by atoms with Crippen LogP contribution in [-0.4, -0.2) is 10.9 Å². The largest absolute Gasteiger partial charge is 0.392 e. The lowest BCUT2D eigenvalue weighted by atomic mass is 9.79. The summed E-state index contributed by atoms with van der Waals surface area (Å²) >= 11 is 11.1. The van der Waals surface area contributed by atoms with E-state index >= 15 is 0 Å². The summed E-state index contributed by atoms with van der Waals surface area (Å²) in [6, 6.07) is 3.85. The number of carbonyl (C=O) groups is 1. The van der Waals surface area contributed by atoms with Crippen molar-refractivity contribution >= 4 is 40.4 Å². The number of amides is 1. The van der Waals surface area contributed by atoms with Crippen LogP contribution < -0.4 is 11.1 Å². The van der Waals surface area contributed by atoms with Gasteiger partial charge in [0.1, 0.15) is 5.82 Å². The molecule has 6 heteroatoms. The van der Waals surface area contributed by atoms with E-state index in [4.69, 9.17) is 29.6 Å². The second-order valence-electron chi connectivity index (χ2n) is 5.44. The maximum Gasteiger partial charge on any atom is 0.237 e. The molecular formula is C15H18ClFN2OS. The summed E-state index contributed by atoms with van der Waals surface area (Å²) in [6.45, 7) is 0. The van der Waals surface area contributed by atoms with Gasteiger partial charge in [0.15, 0.2) is 0 Å². The molecule has 0 saturated heterocycles. The van der Waals surface area contributed by atoms with E-state index in [0.29, 0.717) is 12.8 Å². The van der Waals surface area contributed by atoms with Gasteiger partial charge in [-0.05, 0) is 31.0 Å². The minimum Gasteiger partial charge on any atom is -0.392 e. The molecule has 21 heavy (non-hydrogen) atoms. The molecule has 1 aromatic rings. The molecule has 0 atom stereocenters. The number of nitrogens with one attached hydrogen (secondary N) is 1. The van der Waals surface area contributed by atoms with Crippen LogP contribution in [-0.2, 0) is 4.79 Å². The maximum atomic E-state index is 13.3. The van der Waals surface area contributed by atoms with Crippen molar-refractivity contribution in [3.05, 3.63) is 29.0 Å². The average molecular weight is 329 g/mol. The van der Waals surface area contributed by atoms with Gasteiger partial charge >= 0.3 is 0 Å². The molecule has 1 aliphatic rings. The molecule has 1 fully saturated rings. The van der Waals surface area contributed by atoms with Gasteiger partial charge < -0.3 is 11.1 Å². The highest BCUT2D eigenvalue weighted by atomic mass is 35.5. The number of nitrogens with two attached hydrogens (primary N) is 1. The Morgan fingerprint density at radius 1 is 1.29 bits per heavy atom. The fourth-order valence-electron chi connectivity index (χ4n) is 2.75. The van der Waals surface area contributed by atoms with Crippen molar-refractivity contribution in [2.75, 3.05) is 5.32 Å². The Kier molecular flexibility index (Phi) is 5.17. The summed E-state index contributed by atoms with van der Waals surface area (Å²) in [7, 11) is 0. The third-order valence-corrected chi connectivity index (χ3v) is 4.76. The number of thiocarbonyl (C=S) groups is 1. The fourth-order valence-corrected chi connectivity index (χ4v) is 3.21. The van der Waals surface area contributed by atoms with Gasteiger partial charge in [0.2, 0.25) is 5.91 Å². The molecule has 0 aliphatic heterocycles. The molecule has 0 radical (unpaired) electrons. The molecule has 0 spiro atoms. The van der Waals surface area contributed by atoms with Gasteiger partial charge in [-0.2, -0.15) is 0 Å². The third kappa shape index (κ3) is 3.52. The predicted molar refractivity (Wildman–Crippen MR) is 87.0 cm³/mol. The second kappa shape index (κ2) is 6.71. The Morgan fingerprint density at radius 3 is 2.48 bits per heavy atom. The Hall–Kier alpha value is -1.20. The van der Waals surface area contributed by atoms with Gasteiger partial charge in [-0.25, -0.2) is 4.39 Å². The molecule has 1 aromatic carbocycles. The zero-order chi connectivity index (χ0) is 15.5. The first-order chi connectivity index (χ1) is 9.95. The molecule has 1 saturated carbocycles. The van der Waals surface area contributed by atoms with Gasteiger partial charge in [0.25, 0.3) is 0 Å². The van der Waals surface area contributed by atoms with Crippen LogP contribution in [0, 0.1) is 11.2 Å². The number of carbonyl (C=O) groups excluding carboxylic acids is 1. The predicted octanol–water partition coefficient (Wildman–Crippen LogP) is 4.04. The highest BCUT2D eigenvalue weighted by Crippen LogP contribution is 2.37. The van der Waals surface area contributed by atoms with Crippen LogP contribution in [0.5, 0.6) is 0 Å². The standard InChI is InChI=1S/C15H18ClFN2OS/c16-11-6-5-10(17)9-12(11)19-14(20)15(13(18)21)7-3-1-2-4-8-15/h5-6,9H,1-4,7-8H2,(H2,18,21)(H,19,20). The molecule has 0 bridgehead atoms. The fraction of sp³-hybridized carbons (Fsp3) is 0.467. The van der Waals surface area contributed by atoms with Gasteiger partial charge in [0.05, 0.1) is 21.1 Å². The lowest BCUT2D eigenvalue weighted by Crippen LogP contribution is -2.45. The van der Waals surface area contributed by atoms with Crippen LogP contribution in [0.3, 0.4) is 0 Å². The van der Waals surface area contributed by atoms with E-state index in [-0.39, 0.29) is 21.6 Å². The van der Waals surface area contributed by atoms with Crippen LogP contribution in [0.25, 0.3) is 0 Å². The van der Waals surface area contributed by atoms with E-state index in [0.717, 1.165) is 25.7 Å². The van der Waals surface area contributed by atoms with Crippen LogP contribution in [0.15, 0.2) is 18.2 Å². The van der Waals surface area contributed by atoms with Crippen LogP contribution in [0.2, 0.25) is 5.02 Å². The summed E-state index contributed by atoms with van der Waals surface area (Å²) in [4.78, 5) is 12.9. The molecule has 3 N–H and O–H groups in total. The third-order valence-electron chi connectivity index (χ3n) is 4.04. The van der Waals surface area contributed by atoms with Gasteiger partial charge in [-0.15, -0.1) is 0 Å². The lowest BCUT2D eigenvalue weighted by Gasteiger charge is -2.30. The van der Waals surface area contributed by atoms with E-state index in [1.807, 2.05) is 0 Å². The quantitative estimate of drug-likeness (QED) is 0.650. The molecule has 114 valence electrons. The zero-order valence-corrected chi connectivity index (χ0v) is 13.2. The molecule has 0 aromatic heterocycles. The average Bonchev–Trinajstić information content (AvgIpc) is 2.69. The Labute approximate surface area is 134 Å². The van der Waals surface area contributed by atoms with Gasteiger partial charge in [-0.3, -0.25) is 4.79 Å². The summed E-state index contributed by atoms with van der Waals surface area (Å²) < 4.78 is 13.3. The van der Waals surface area contributed by atoms with Crippen molar-refractivity contribution in [3.8, 4) is 0 Å². The highest BCUT2D eigenvalue weighted by molar-refractivity contribution is 7.80. The number of benzene rings is 1. The van der Waals surface area contributed by atoms with Crippen LogP contribution in [0.1, 0.15) is 38.5 Å². The van der Waals surface area contributed by atoms with Crippen molar-refractivity contribution in [2.24, 2.45) is 11.1 Å². The second-order valence-corrected chi connectivity index (χ2v) is 6.29. The van der Waals surface area contributed by atoms with Crippen LogP contribution in [0.4, 0.5) is 10.1 Å². The van der Waals surface area contributed by atoms with E-state index in [1.54, 1.807) is 0 Å². The minimum absolute atomic E-state index is 0.203. The maximum absolute atomic E-state index is 13.3. The minimum atomic E-state index is -0.860. The molecule has 3 nitrogen and oxygen atoms in total. The summed E-state index contributed by atoms with van der Waals surface area (Å²) in [5.41, 5.74) is 5.25. The molecule has 1 aliphatic carbocycles. The first-order valence-electron chi connectivity index (χ1n) is 7.02. The molecule has 0 unspecified atom stereocenters. The van der Waals surface area contributed by atoms with Crippen LogP contribution >= 0.6 is 23.8 Å². The van der Waals surface area contributed by atoms with E-state index in [1.165, 1.54) is 18.2 Å². The zero-order valence-electron chi connectivity index (χ0n) is 11.6. The number of rotatable bonds is 3. The smallest absolute Gasteiger partial charge is 0.237 e. The van der Waals surface area contributed by atoms with Crippen molar-refractivity contribution < 1.29 is 9.18 Å². The van der Waals surface area contributed by atoms with Gasteiger partial charge in [-0.1, -0.05) is 49.5 Å². The summed E-state index contributed by atoms with van der Waals surface area (Å²) in [6.07, 6.45) is 5.20. The van der Waals surface area contributed by atoms with Crippen molar-refractivity contribution in [1.82, 2.24) is 0 Å². The molecule has 2 rings (SSSR count). The number of hydrogen-bond acceptors (Lipinski definition) is 2. The lowest BCUT2D eigenvalue weighted by molar-refractivity contribution is -0.122. The first kappa shape index (κ1) is 16.2. The number of hydrogen-bond donors (Lipinski definition) is 2. The first-order valence-corrected chi connectivity index (χ1v) is 7.81. The van der Waals surface area contributed by atoms with E-state index in [9.17, 15) is 9.18 Å². The number of anilines is 1. The Morgan fingerprint density at radius 2 is 1.90 bits per heavy atom. The Balaban J connectivity index is 2.26. The number of halogens is 2. The van der Waals surface area contributed by atoms with E-state index < -0.39 is 11.2 Å². The molecular weight excluding hydrogens is 311 g/mol. The van der Waals surface area contributed by atoms with Crippen molar-refractivity contribution in [1.29, 1.82) is 0 Å². The highest BCUT2D eigenvalue weighted by Gasteiger charge is 2.41.